The lowest BCUT2D eigenvalue weighted by Gasteiger charge is -2.05. The van der Waals surface area contributed by atoms with Crippen LogP contribution in [0.3, 0.4) is 0 Å². The van der Waals surface area contributed by atoms with Gasteiger partial charge in [0.25, 0.3) is 5.56 Å². The molecule has 0 amide bonds. The number of nitrogens with one attached hydrogen (secondary N) is 2. The first-order chi connectivity index (χ1) is 11.2. The minimum absolute atomic E-state index is 0.0632. The lowest BCUT2D eigenvalue weighted by atomic mass is 10.2. The maximum atomic E-state index is 12.1. The molecule has 0 bridgehead atoms. The summed E-state index contributed by atoms with van der Waals surface area (Å²) in [5, 5.41) is 12.3. The Hall–Kier alpha value is -3.59. The topological polar surface area (TPSA) is 108 Å². The number of hydrogen-bond acceptors (Lipinski definition) is 5. The van der Waals surface area contributed by atoms with Gasteiger partial charge in [0.1, 0.15) is 11.8 Å². The number of aromatic amines is 1. The predicted molar refractivity (Wildman–Crippen MR) is 90.4 cm³/mol. The number of para-hydroxylation sites is 4. The third-order valence-corrected chi connectivity index (χ3v) is 3.31. The van der Waals surface area contributed by atoms with Crippen molar-refractivity contribution in [3.63, 3.8) is 0 Å². The first-order valence-electron chi connectivity index (χ1n) is 6.90. The van der Waals surface area contributed by atoms with E-state index in [1.807, 2.05) is 24.3 Å². The van der Waals surface area contributed by atoms with Crippen LogP contribution in [0.25, 0.3) is 16.6 Å². The van der Waals surface area contributed by atoms with Crippen LogP contribution in [-0.4, -0.2) is 9.97 Å². The second-order valence-corrected chi connectivity index (χ2v) is 4.83. The van der Waals surface area contributed by atoms with Crippen molar-refractivity contribution in [2.24, 2.45) is 0 Å². The summed E-state index contributed by atoms with van der Waals surface area (Å²) in [5.41, 5.74) is 8.03. The molecule has 2 aromatic carbocycles. The van der Waals surface area contributed by atoms with Crippen LogP contribution in [0, 0.1) is 11.3 Å². The van der Waals surface area contributed by atoms with Crippen LogP contribution in [0.15, 0.2) is 59.5 Å². The van der Waals surface area contributed by atoms with E-state index in [-0.39, 0.29) is 11.3 Å². The molecule has 23 heavy (non-hydrogen) atoms. The first-order valence-corrected chi connectivity index (χ1v) is 6.90. The number of nitriles is 1. The molecule has 0 aliphatic carbocycles. The van der Waals surface area contributed by atoms with Gasteiger partial charge in [0.05, 0.1) is 28.0 Å². The Morgan fingerprint density at radius 1 is 1.22 bits per heavy atom. The number of nitrogens with zero attached hydrogens (tertiary/aromatic N) is 2. The maximum Gasteiger partial charge on any atom is 0.275 e. The number of nitrogens with two attached hydrogens (primary N) is 1. The zero-order valence-electron chi connectivity index (χ0n) is 12.1. The molecule has 0 saturated carbocycles. The smallest absolute Gasteiger partial charge is 0.275 e. The van der Waals surface area contributed by atoms with E-state index in [0.29, 0.717) is 22.4 Å². The number of fused-ring (bicyclic) bond motifs is 1. The molecular weight excluding hydrogens is 290 g/mol. The van der Waals surface area contributed by atoms with Crippen molar-refractivity contribution in [3.8, 4) is 6.07 Å². The van der Waals surface area contributed by atoms with Crippen molar-refractivity contribution >= 4 is 28.0 Å². The fourth-order valence-corrected chi connectivity index (χ4v) is 2.14. The summed E-state index contributed by atoms with van der Waals surface area (Å²) in [7, 11) is 0. The van der Waals surface area contributed by atoms with Gasteiger partial charge >= 0.3 is 0 Å². The van der Waals surface area contributed by atoms with Crippen LogP contribution in [0.5, 0.6) is 0 Å². The molecule has 112 valence electrons. The molecule has 0 aliphatic heterocycles. The van der Waals surface area contributed by atoms with Crippen molar-refractivity contribution < 1.29 is 0 Å². The molecule has 0 radical (unpaired) electrons. The minimum atomic E-state index is -0.417. The highest BCUT2D eigenvalue weighted by Crippen LogP contribution is 2.18. The van der Waals surface area contributed by atoms with E-state index >= 15 is 0 Å². The zero-order valence-corrected chi connectivity index (χ0v) is 12.1. The highest BCUT2D eigenvalue weighted by Gasteiger charge is 2.10. The van der Waals surface area contributed by atoms with Crippen LogP contribution in [0.4, 0.5) is 11.4 Å². The summed E-state index contributed by atoms with van der Waals surface area (Å²) >= 11 is 0. The highest BCUT2D eigenvalue weighted by molar-refractivity contribution is 5.81. The van der Waals surface area contributed by atoms with Gasteiger partial charge in [-0.15, -0.1) is 0 Å². The van der Waals surface area contributed by atoms with Crippen LogP contribution >= 0.6 is 0 Å². The molecule has 0 fully saturated rings. The predicted octanol–water partition coefficient (Wildman–Crippen LogP) is 2.48. The summed E-state index contributed by atoms with van der Waals surface area (Å²) in [6.45, 7) is 0. The molecule has 1 aromatic heterocycles. The molecule has 0 aliphatic rings. The molecule has 0 unspecified atom stereocenters. The maximum absolute atomic E-state index is 12.1. The molecule has 0 spiro atoms. The third-order valence-electron chi connectivity index (χ3n) is 3.31. The van der Waals surface area contributed by atoms with E-state index < -0.39 is 5.56 Å². The van der Waals surface area contributed by atoms with Gasteiger partial charge in [0.2, 0.25) is 0 Å². The number of allylic oxidation sites excluding steroid dienone is 1. The summed E-state index contributed by atoms with van der Waals surface area (Å²) in [6.07, 6.45) is 1.43. The van der Waals surface area contributed by atoms with Gasteiger partial charge in [0.15, 0.2) is 0 Å². The van der Waals surface area contributed by atoms with Crippen LogP contribution < -0.4 is 16.6 Å². The van der Waals surface area contributed by atoms with E-state index in [4.69, 9.17) is 5.73 Å². The van der Waals surface area contributed by atoms with Gasteiger partial charge < -0.3 is 16.0 Å². The molecule has 0 saturated heterocycles. The molecule has 0 atom stereocenters. The van der Waals surface area contributed by atoms with Gasteiger partial charge in [-0.05, 0) is 24.3 Å². The number of anilines is 2. The highest BCUT2D eigenvalue weighted by atomic mass is 16.1. The number of benzene rings is 2. The quantitative estimate of drug-likeness (QED) is 0.509. The van der Waals surface area contributed by atoms with Crippen molar-refractivity contribution in [1.29, 1.82) is 5.26 Å². The van der Waals surface area contributed by atoms with E-state index in [9.17, 15) is 10.1 Å². The number of aromatic nitrogens is 2. The SMILES string of the molecule is N#C/C(=C/Nc1ccccc1N)c1nc2ccccc2[nH]c1=O. The minimum Gasteiger partial charge on any atom is -0.397 e. The van der Waals surface area contributed by atoms with E-state index in [1.54, 1.807) is 30.3 Å². The monoisotopic (exact) mass is 303 g/mol. The van der Waals surface area contributed by atoms with Crippen molar-refractivity contribution in [2.45, 2.75) is 0 Å². The summed E-state index contributed by atoms with van der Waals surface area (Å²) in [4.78, 5) is 19.1. The number of nitrogen functional groups attached to an aromatic ring is 1. The van der Waals surface area contributed by atoms with Crippen LogP contribution in [-0.2, 0) is 0 Å². The summed E-state index contributed by atoms with van der Waals surface area (Å²) < 4.78 is 0. The number of hydrogen-bond donors (Lipinski definition) is 3. The lowest BCUT2D eigenvalue weighted by Crippen LogP contribution is -2.14. The van der Waals surface area contributed by atoms with Gasteiger partial charge in [-0.1, -0.05) is 24.3 Å². The second kappa shape index (κ2) is 6.03. The van der Waals surface area contributed by atoms with Gasteiger partial charge in [-0.3, -0.25) is 4.79 Å². The van der Waals surface area contributed by atoms with E-state index in [1.165, 1.54) is 6.20 Å². The molecule has 3 aromatic rings. The number of H-pyrrole nitrogens is 1. The van der Waals surface area contributed by atoms with E-state index in [2.05, 4.69) is 15.3 Å². The molecule has 3 rings (SSSR count). The lowest BCUT2D eigenvalue weighted by molar-refractivity contribution is 1.18. The Labute approximate surface area is 131 Å². The molecular formula is C17H13N5O. The van der Waals surface area contributed by atoms with Crippen LogP contribution in [0.1, 0.15) is 5.69 Å². The largest absolute Gasteiger partial charge is 0.397 e. The van der Waals surface area contributed by atoms with Crippen molar-refractivity contribution in [1.82, 2.24) is 9.97 Å². The Bertz CT molecular complexity index is 998. The van der Waals surface area contributed by atoms with Crippen molar-refractivity contribution in [2.75, 3.05) is 11.1 Å². The van der Waals surface area contributed by atoms with Gasteiger partial charge in [-0.2, -0.15) is 5.26 Å². The fraction of sp³-hybridized carbons (Fsp3) is 0. The Kier molecular flexibility index (Phi) is 3.77. The Morgan fingerprint density at radius 2 is 1.96 bits per heavy atom. The molecule has 6 heteroatoms. The van der Waals surface area contributed by atoms with Gasteiger partial charge in [0, 0.05) is 6.20 Å². The fourth-order valence-electron chi connectivity index (χ4n) is 2.14. The first kappa shape index (κ1) is 14.4. The average molecular weight is 303 g/mol. The Balaban J connectivity index is 2.03. The number of rotatable bonds is 3. The standard InChI is InChI=1S/C17H13N5O/c18-9-11(10-20-13-6-2-1-5-12(13)19)16-17(23)22-15-8-4-3-7-14(15)21-16/h1-8,10,20H,19H2,(H,22,23)/b11-10-. The zero-order chi connectivity index (χ0) is 16.2. The Morgan fingerprint density at radius 3 is 2.74 bits per heavy atom. The van der Waals surface area contributed by atoms with Crippen molar-refractivity contribution in [3.05, 3.63) is 70.8 Å². The molecule has 6 nitrogen and oxygen atoms in total. The van der Waals surface area contributed by atoms with Gasteiger partial charge in [-0.25, -0.2) is 4.98 Å². The van der Waals surface area contributed by atoms with Crippen LogP contribution in [0.2, 0.25) is 0 Å². The molecule has 4 N–H and O–H groups in total. The molecule has 1 heterocycles. The summed E-state index contributed by atoms with van der Waals surface area (Å²) in [6, 6.07) is 16.3. The van der Waals surface area contributed by atoms with E-state index in [0.717, 1.165) is 0 Å². The summed E-state index contributed by atoms with van der Waals surface area (Å²) in [5.74, 6) is 0. The average Bonchev–Trinajstić information content (AvgIpc) is 2.57. The second-order valence-electron chi connectivity index (χ2n) is 4.83. The normalized spacial score (nSPS) is 11.2. The third kappa shape index (κ3) is 2.89.